The fourth-order valence-electron chi connectivity index (χ4n) is 9.01. The first-order chi connectivity index (χ1) is 29.6. The van der Waals surface area contributed by atoms with Crippen molar-refractivity contribution in [3.63, 3.8) is 0 Å². The van der Waals surface area contributed by atoms with Crippen molar-refractivity contribution in [1.82, 2.24) is 0 Å². The van der Waals surface area contributed by atoms with E-state index < -0.39 is 0 Å². The van der Waals surface area contributed by atoms with Gasteiger partial charge in [-0.1, -0.05) is 233 Å². The second kappa shape index (κ2) is 39.5. The Hall–Kier alpha value is -2.29. The van der Waals surface area contributed by atoms with Crippen molar-refractivity contribution in [3.8, 4) is 0 Å². The molecule has 344 valence electrons. The summed E-state index contributed by atoms with van der Waals surface area (Å²) in [6.07, 6.45) is 49.2. The van der Waals surface area contributed by atoms with E-state index in [1.165, 1.54) is 243 Å². The predicted molar refractivity (Wildman–Crippen MR) is 270 cm³/mol. The summed E-state index contributed by atoms with van der Waals surface area (Å²) in [5.74, 6) is 0.139. The maximum atomic E-state index is 13.8. The van der Waals surface area contributed by atoms with Crippen LogP contribution in [-0.4, -0.2) is 32.0 Å². The number of carbonyl (C=O) groups excluding carboxylic acids is 1. The fraction of sp³-hybridized carbons (Fsp3) is 0.772. The van der Waals surface area contributed by atoms with E-state index in [0.29, 0.717) is 0 Å². The van der Waals surface area contributed by atoms with Crippen LogP contribution in [0.4, 0.5) is 11.4 Å². The van der Waals surface area contributed by atoms with Crippen molar-refractivity contribution >= 4 is 17.2 Å². The number of unbranched alkanes of at least 4 members (excludes halogenated alkanes) is 32. The van der Waals surface area contributed by atoms with E-state index in [9.17, 15) is 4.79 Å². The normalized spacial score (nSPS) is 11.4. The minimum absolute atomic E-state index is 0.139. The molecular weight excluding hydrogens is 729 g/mol. The molecule has 0 atom stereocenters. The molecule has 0 spiro atoms. The zero-order valence-corrected chi connectivity index (χ0v) is 40.7. The second-order valence-corrected chi connectivity index (χ2v) is 18.7. The Balaban J connectivity index is 1.90. The van der Waals surface area contributed by atoms with Crippen molar-refractivity contribution < 1.29 is 4.79 Å². The van der Waals surface area contributed by atoms with Crippen molar-refractivity contribution in [1.29, 1.82) is 0 Å². The second-order valence-electron chi connectivity index (χ2n) is 18.7. The molecule has 0 amide bonds. The number of anilines is 2. The fourth-order valence-corrected chi connectivity index (χ4v) is 9.01. The average molecular weight is 829 g/mol. The van der Waals surface area contributed by atoms with Crippen LogP contribution in [0.2, 0.25) is 0 Å². The van der Waals surface area contributed by atoms with Crippen LogP contribution in [0.5, 0.6) is 0 Å². The maximum absolute atomic E-state index is 13.8. The van der Waals surface area contributed by atoms with E-state index in [4.69, 9.17) is 0 Å². The molecular formula is C57H100N2O. The third kappa shape index (κ3) is 27.6. The minimum atomic E-state index is 0.139. The molecule has 0 radical (unpaired) electrons. The van der Waals surface area contributed by atoms with Gasteiger partial charge in [0.25, 0.3) is 0 Å². The number of nitrogens with zero attached hydrogens (tertiary/aromatic N) is 2. The minimum Gasteiger partial charge on any atom is -0.372 e. The third-order valence-corrected chi connectivity index (χ3v) is 13.1. The lowest BCUT2D eigenvalue weighted by Gasteiger charge is -2.26. The molecule has 2 rings (SSSR count). The van der Waals surface area contributed by atoms with E-state index in [1.807, 2.05) is 0 Å². The van der Waals surface area contributed by atoms with Crippen LogP contribution in [0.25, 0.3) is 0 Å². The van der Waals surface area contributed by atoms with E-state index in [2.05, 4.69) is 86.0 Å². The van der Waals surface area contributed by atoms with Crippen LogP contribution >= 0.6 is 0 Å². The number of carbonyl (C=O) groups is 1. The van der Waals surface area contributed by atoms with Crippen LogP contribution in [-0.2, 0) is 0 Å². The van der Waals surface area contributed by atoms with E-state index in [-0.39, 0.29) is 5.78 Å². The SMILES string of the molecule is CCCCCCCCCCCCCCN(CCCCCCCC)c1ccc(C(=O)c2ccc(N(CCCCCCCC)CCCCCCCCCCCCCC)cc2)cc1. The zero-order valence-electron chi connectivity index (χ0n) is 40.7. The Kier molecular flexibility index (Phi) is 35.5. The highest BCUT2D eigenvalue weighted by Crippen LogP contribution is 2.23. The summed E-state index contributed by atoms with van der Waals surface area (Å²) < 4.78 is 0. The molecule has 3 nitrogen and oxygen atoms in total. The smallest absolute Gasteiger partial charge is 0.193 e. The highest BCUT2D eigenvalue weighted by Gasteiger charge is 2.14. The predicted octanol–water partition coefficient (Wildman–Crippen LogP) is 18.7. The van der Waals surface area contributed by atoms with Crippen molar-refractivity contribution in [2.45, 2.75) is 259 Å². The Labute approximate surface area is 375 Å². The van der Waals surface area contributed by atoms with Gasteiger partial charge in [0.1, 0.15) is 0 Å². The molecule has 0 heterocycles. The Morgan fingerprint density at radius 3 is 0.667 bits per heavy atom. The molecule has 60 heavy (non-hydrogen) atoms. The van der Waals surface area contributed by atoms with Gasteiger partial charge in [0, 0.05) is 48.7 Å². The summed E-state index contributed by atoms with van der Waals surface area (Å²) in [6, 6.07) is 17.2. The van der Waals surface area contributed by atoms with Gasteiger partial charge in [0.05, 0.1) is 0 Å². The Morgan fingerprint density at radius 1 is 0.283 bits per heavy atom. The average Bonchev–Trinajstić information content (AvgIpc) is 3.28. The summed E-state index contributed by atoms with van der Waals surface area (Å²) >= 11 is 0. The molecule has 3 heteroatoms. The van der Waals surface area contributed by atoms with E-state index in [1.54, 1.807) is 0 Å². The van der Waals surface area contributed by atoms with Gasteiger partial charge in [-0.05, 0) is 74.2 Å². The van der Waals surface area contributed by atoms with Gasteiger partial charge in [0.15, 0.2) is 5.78 Å². The number of rotatable bonds is 44. The molecule has 0 saturated carbocycles. The van der Waals surface area contributed by atoms with Gasteiger partial charge in [-0.25, -0.2) is 0 Å². The molecule has 0 bridgehead atoms. The molecule has 0 aliphatic heterocycles. The molecule has 0 aliphatic rings. The first-order valence-electron chi connectivity index (χ1n) is 26.9. The Bertz CT molecular complexity index is 1110. The van der Waals surface area contributed by atoms with Gasteiger partial charge in [-0.2, -0.15) is 0 Å². The Morgan fingerprint density at radius 2 is 0.467 bits per heavy atom. The molecule has 0 N–H and O–H groups in total. The highest BCUT2D eigenvalue weighted by molar-refractivity contribution is 6.09. The number of benzene rings is 2. The lowest BCUT2D eigenvalue weighted by atomic mass is 10.0. The maximum Gasteiger partial charge on any atom is 0.193 e. The first-order valence-corrected chi connectivity index (χ1v) is 26.9. The lowest BCUT2D eigenvalue weighted by molar-refractivity contribution is 0.103. The number of hydrogen-bond donors (Lipinski definition) is 0. The molecule has 0 saturated heterocycles. The van der Waals surface area contributed by atoms with Crippen molar-refractivity contribution in [3.05, 3.63) is 59.7 Å². The summed E-state index contributed by atoms with van der Waals surface area (Å²) in [7, 11) is 0. The zero-order chi connectivity index (χ0) is 43.0. The van der Waals surface area contributed by atoms with Crippen molar-refractivity contribution in [2.24, 2.45) is 0 Å². The van der Waals surface area contributed by atoms with Crippen LogP contribution in [0.3, 0.4) is 0 Å². The standard InChI is InChI=1S/C57H100N2O/c1-5-9-13-17-21-23-25-27-29-31-35-39-51-58(49-37-33-19-15-11-7-3)55-45-41-53(42-46-55)57(60)54-43-47-56(48-44-54)59(50-38-34-20-16-12-8-4)52-40-36-32-30-28-26-24-22-18-14-10-6-2/h41-48H,5-40,49-52H2,1-4H3. The van der Waals surface area contributed by atoms with Gasteiger partial charge in [-0.3, -0.25) is 4.79 Å². The van der Waals surface area contributed by atoms with Crippen LogP contribution in [0.15, 0.2) is 48.5 Å². The molecule has 0 fully saturated rings. The summed E-state index contributed by atoms with van der Waals surface area (Å²) in [6.45, 7) is 13.7. The quantitative estimate of drug-likeness (QED) is 0.0491. The largest absolute Gasteiger partial charge is 0.372 e. The molecule has 0 aliphatic carbocycles. The van der Waals surface area contributed by atoms with Gasteiger partial charge in [-0.15, -0.1) is 0 Å². The van der Waals surface area contributed by atoms with Gasteiger partial charge >= 0.3 is 0 Å². The summed E-state index contributed by atoms with van der Waals surface area (Å²) in [4.78, 5) is 19.0. The highest BCUT2D eigenvalue weighted by atomic mass is 16.1. The topological polar surface area (TPSA) is 23.6 Å². The van der Waals surface area contributed by atoms with Crippen LogP contribution in [0, 0.1) is 0 Å². The number of ketones is 1. The van der Waals surface area contributed by atoms with Gasteiger partial charge < -0.3 is 9.80 Å². The molecule has 0 unspecified atom stereocenters. The van der Waals surface area contributed by atoms with Crippen molar-refractivity contribution in [2.75, 3.05) is 36.0 Å². The summed E-state index contributed by atoms with van der Waals surface area (Å²) in [5.41, 5.74) is 4.16. The summed E-state index contributed by atoms with van der Waals surface area (Å²) in [5, 5.41) is 0. The van der Waals surface area contributed by atoms with Crippen LogP contribution < -0.4 is 9.80 Å². The molecule has 2 aromatic carbocycles. The van der Waals surface area contributed by atoms with E-state index in [0.717, 1.165) is 37.3 Å². The van der Waals surface area contributed by atoms with E-state index >= 15 is 0 Å². The molecule has 2 aromatic rings. The first kappa shape index (κ1) is 53.8. The monoisotopic (exact) mass is 829 g/mol. The van der Waals surface area contributed by atoms with Gasteiger partial charge in [0.2, 0.25) is 0 Å². The lowest BCUT2D eigenvalue weighted by Crippen LogP contribution is -2.26. The van der Waals surface area contributed by atoms with Crippen LogP contribution in [0.1, 0.15) is 275 Å². The third-order valence-electron chi connectivity index (χ3n) is 13.1. The molecule has 0 aromatic heterocycles. The number of hydrogen-bond acceptors (Lipinski definition) is 3.